The summed E-state index contributed by atoms with van der Waals surface area (Å²) in [6, 6.07) is 12.0. The molecule has 0 aliphatic carbocycles. The molecule has 1 aliphatic heterocycles. The van der Waals surface area contributed by atoms with E-state index >= 15 is 0 Å². The van der Waals surface area contributed by atoms with Crippen molar-refractivity contribution in [1.82, 2.24) is 9.88 Å². The van der Waals surface area contributed by atoms with Crippen LogP contribution in [-0.2, 0) is 0 Å². The summed E-state index contributed by atoms with van der Waals surface area (Å²) in [5, 5.41) is 9.05. The number of nitrogens with zero attached hydrogens (tertiary/aromatic N) is 3. The van der Waals surface area contributed by atoms with Crippen LogP contribution in [0, 0.1) is 0 Å². The van der Waals surface area contributed by atoms with Gasteiger partial charge in [0.1, 0.15) is 11.6 Å². The maximum absolute atomic E-state index is 12.6. The molecule has 7 heteroatoms. The number of ether oxygens (including phenoxy) is 1. The molecule has 3 rings (SSSR count). The third kappa shape index (κ3) is 3.71. The van der Waals surface area contributed by atoms with E-state index in [0.717, 1.165) is 0 Å². The fraction of sp³-hybridized carbons (Fsp3) is 0.278. The Kier molecular flexibility index (Phi) is 4.83. The number of benzene rings is 1. The highest BCUT2D eigenvalue weighted by atomic mass is 16.5. The van der Waals surface area contributed by atoms with Crippen molar-refractivity contribution in [2.24, 2.45) is 0 Å². The number of rotatable bonds is 4. The molecule has 130 valence electrons. The van der Waals surface area contributed by atoms with E-state index in [4.69, 9.17) is 9.84 Å². The van der Waals surface area contributed by atoms with Crippen LogP contribution < -0.4 is 9.64 Å². The fourth-order valence-corrected chi connectivity index (χ4v) is 2.80. The van der Waals surface area contributed by atoms with E-state index in [0.29, 0.717) is 43.3 Å². The average molecular weight is 341 g/mol. The number of aromatic nitrogens is 1. The molecule has 1 aliphatic rings. The second-order valence-electron chi connectivity index (χ2n) is 5.70. The zero-order chi connectivity index (χ0) is 17.8. The second kappa shape index (κ2) is 7.21. The Balaban J connectivity index is 1.66. The van der Waals surface area contributed by atoms with E-state index in [2.05, 4.69) is 4.98 Å². The van der Waals surface area contributed by atoms with Gasteiger partial charge in [0.25, 0.3) is 5.91 Å². The Hall–Kier alpha value is -3.09. The molecule has 1 saturated heterocycles. The van der Waals surface area contributed by atoms with Gasteiger partial charge in [0.15, 0.2) is 5.69 Å². The number of pyridine rings is 1. The third-order valence-electron chi connectivity index (χ3n) is 4.16. The highest BCUT2D eigenvalue weighted by molar-refractivity contribution is 5.94. The van der Waals surface area contributed by atoms with Gasteiger partial charge in [-0.2, -0.15) is 0 Å². The van der Waals surface area contributed by atoms with E-state index in [1.807, 2.05) is 4.90 Å². The molecule has 0 saturated carbocycles. The molecular formula is C18H19N3O4. The number of carbonyl (C=O) groups excluding carboxylic acids is 1. The maximum atomic E-state index is 12.6. The minimum Gasteiger partial charge on any atom is -0.497 e. The van der Waals surface area contributed by atoms with Crippen molar-refractivity contribution in [1.29, 1.82) is 0 Å². The number of hydrogen-bond acceptors (Lipinski definition) is 5. The number of anilines is 1. The van der Waals surface area contributed by atoms with Crippen molar-refractivity contribution in [2.75, 3.05) is 38.2 Å². The highest BCUT2D eigenvalue weighted by Crippen LogP contribution is 2.18. The van der Waals surface area contributed by atoms with Gasteiger partial charge in [-0.3, -0.25) is 4.79 Å². The highest BCUT2D eigenvalue weighted by Gasteiger charge is 2.23. The number of carbonyl (C=O) groups is 2. The third-order valence-corrected chi connectivity index (χ3v) is 4.16. The van der Waals surface area contributed by atoms with Crippen LogP contribution in [0.15, 0.2) is 42.5 Å². The van der Waals surface area contributed by atoms with Gasteiger partial charge in [0, 0.05) is 31.7 Å². The molecular weight excluding hydrogens is 322 g/mol. The van der Waals surface area contributed by atoms with Crippen LogP contribution in [0.1, 0.15) is 20.8 Å². The molecule has 0 radical (unpaired) electrons. The van der Waals surface area contributed by atoms with Crippen LogP contribution in [-0.4, -0.2) is 60.2 Å². The van der Waals surface area contributed by atoms with E-state index < -0.39 is 5.97 Å². The summed E-state index contributed by atoms with van der Waals surface area (Å²) < 4.78 is 5.16. The van der Waals surface area contributed by atoms with E-state index in [9.17, 15) is 9.59 Å². The minimum absolute atomic E-state index is 0.0207. The molecule has 1 aromatic heterocycles. The molecule has 1 amide bonds. The summed E-state index contributed by atoms with van der Waals surface area (Å²) >= 11 is 0. The van der Waals surface area contributed by atoms with Crippen LogP contribution in [0.4, 0.5) is 5.82 Å². The summed E-state index contributed by atoms with van der Waals surface area (Å²) in [6.45, 7) is 2.31. The van der Waals surface area contributed by atoms with Crippen LogP contribution in [0.25, 0.3) is 0 Å². The van der Waals surface area contributed by atoms with Crippen molar-refractivity contribution >= 4 is 17.7 Å². The summed E-state index contributed by atoms with van der Waals surface area (Å²) in [5.74, 6) is 0.187. The van der Waals surface area contributed by atoms with Gasteiger partial charge >= 0.3 is 5.97 Å². The quantitative estimate of drug-likeness (QED) is 0.912. The molecule has 7 nitrogen and oxygen atoms in total. The smallest absolute Gasteiger partial charge is 0.354 e. The van der Waals surface area contributed by atoms with Gasteiger partial charge in [-0.05, 0) is 30.3 Å². The number of carboxylic acids is 1. The van der Waals surface area contributed by atoms with Crippen LogP contribution in [0.2, 0.25) is 0 Å². The lowest BCUT2D eigenvalue weighted by molar-refractivity contribution is 0.0690. The summed E-state index contributed by atoms with van der Waals surface area (Å²) in [6.07, 6.45) is 0. The monoisotopic (exact) mass is 341 g/mol. The summed E-state index contributed by atoms with van der Waals surface area (Å²) in [7, 11) is 1.57. The first-order chi connectivity index (χ1) is 12.1. The SMILES string of the molecule is COc1cccc(C(=O)N2CCN(c3cccc(C(=O)O)n3)CC2)c1. The van der Waals surface area contributed by atoms with Crippen molar-refractivity contribution in [3.63, 3.8) is 0 Å². The van der Waals surface area contributed by atoms with Crippen molar-refractivity contribution < 1.29 is 19.4 Å². The number of carboxylic acid groups (broad SMARTS) is 1. The molecule has 0 spiro atoms. The first kappa shape index (κ1) is 16.8. The summed E-state index contributed by atoms with van der Waals surface area (Å²) in [5.41, 5.74) is 0.617. The number of hydrogen-bond donors (Lipinski definition) is 1. The van der Waals surface area contributed by atoms with Gasteiger partial charge in [-0.15, -0.1) is 0 Å². The molecule has 0 atom stereocenters. The van der Waals surface area contributed by atoms with Gasteiger partial charge in [-0.25, -0.2) is 9.78 Å². The van der Waals surface area contributed by atoms with Gasteiger partial charge in [0.05, 0.1) is 7.11 Å². The predicted molar refractivity (Wildman–Crippen MR) is 92.3 cm³/mol. The van der Waals surface area contributed by atoms with Gasteiger partial charge in [0.2, 0.25) is 0 Å². The molecule has 1 aromatic carbocycles. The predicted octanol–water partition coefficient (Wildman–Crippen LogP) is 1.75. The van der Waals surface area contributed by atoms with Crippen LogP contribution >= 0.6 is 0 Å². The molecule has 1 N–H and O–H groups in total. The normalized spacial score (nSPS) is 14.3. The second-order valence-corrected chi connectivity index (χ2v) is 5.70. The molecule has 25 heavy (non-hydrogen) atoms. The standard InChI is InChI=1S/C18H19N3O4/c1-25-14-5-2-4-13(12-14)17(22)21-10-8-20(9-11-21)16-7-3-6-15(19-16)18(23)24/h2-7,12H,8-11H2,1H3,(H,23,24). The minimum atomic E-state index is -1.05. The largest absolute Gasteiger partial charge is 0.497 e. The molecule has 1 fully saturated rings. The lowest BCUT2D eigenvalue weighted by atomic mass is 10.1. The van der Waals surface area contributed by atoms with Crippen molar-refractivity contribution in [2.45, 2.75) is 0 Å². The van der Waals surface area contributed by atoms with Crippen LogP contribution in [0.3, 0.4) is 0 Å². The number of amides is 1. The van der Waals surface area contributed by atoms with E-state index in [1.165, 1.54) is 6.07 Å². The fourth-order valence-electron chi connectivity index (χ4n) is 2.80. The topological polar surface area (TPSA) is 83.0 Å². The zero-order valence-electron chi connectivity index (χ0n) is 13.9. The van der Waals surface area contributed by atoms with Crippen molar-refractivity contribution in [3.05, 3.63) is 53.7 Å². The first-order valence-electron chi connectivity index (χ1n) is 7.97. The lowest BCUT2D eigenvalue weighted by Gasteiger charge is -2.35. The summed E-state index contributed by atoms with van der Waals surface area (Å²) in [4.78, 5) is 31.6. The maximum Gasteiger partial charge on any atom is 0.354 e. The van der Waals surface area contributed by atoms with Crippen molar-refractivity contribution in [3.8, 4) is 5.75 Å². The number of piperazine rings is 1. The van der Waals surface area contributed by atoms with E-state index in [-0.39, 0.29) is 11.6 Å². The van der Waals surface area contributed by atoms with Gasteiger partial charge < -0.3 is 19.6 Å². The average Bonchev–Trinajstić information content (AvgIpc) is 2.67. The molecule has 0 bridgehead atoms. The number of methoxy groups -OCH3 is 1. The van der Waals surface area contributed by atoms with E-state index in [1.54, 1.807) is 48.4 Å². The Labute approximate surface area is 145 Å². The Morgan fingerprint density at radius 3 is 2.48 bits per heavy atom. The molecule has 0 unspecified atom stereocenters. The van der Waals surface area contributed by atoms with Gasteiger partial charge in [-0.1, -0.05) is 12.1 Å². The zero-order valence-corrected chi connectivity index (χ0v) is 13.9. The van der Waals surface area contributed by atoms with Crippen LogP contribution in [0.5, 0.6) is 5.75 Å². The Morgan fingerprint density at radius 1 is 1.08 bits per heavy atom. The molecule has 2 heterocycles. The molecule has 2 aromatic rings. The Bertz CT molecular complexity index is 785. The number of aromatic carboxylic acids is 1. The Morgan fingerprint density at radius 2 is 1.80 bits per heavy atom. The lowest BCUT2D eigenvalue weighted by Crippen LogP contribution is -2.49. The first-order valence-corrected chi connectivity index (χ1v) is 7.97.